The summed E-state index contributed by atoms with van der Waals surface area (Å²) in [6, 6.07) is 7.95. The topological polar surface area (TPSA) is 6.48 Å². The number of hydrogen-bond acceptors (Lipinski definition) is 2. The lowest BCUT2D eigenvalue weighted by atomic mass is 9.84. The Morgan fingerprint density at radius 1 is 1.05 bits per heavy atom. The molecule has 2 aliphatic rings. The number of hydrogen-bond donors (Lipinski definition) is 0. The van der Waals surface area contributed by atoms with E-state index in [1.54, 1.807) is 12.1 Å². The van der Waals surface area contributed by atoms with Gasteiger partial charge in [0.1, 0.15) is 5.82 Å². The zero-order valence-electron chi connectivity index (χ0n) is 13.1. The molecule has 0 bridgehead atoms. The minimum Gasteiger partial charge on any atom is -0.298 e. The summed E-state index contributed by atoms with van der Waals surface area (Å²) in [6.07, 6.45) is 5.56. The van der Waals surface area contributed by atoms with Crippen molar-refractivity contribution in [3.63, 3.8) is 0 Å². The van der Waals surface area contributed by atoms with Gasteiger partial charge in [0.2, 0.25) is 0 Å². The number of nitrogens with zero attached hydrogens (tertiary/aromatic N) is 2. The highest BCUT2D eigenvalue weighted by atomic mass is 19.1. The Labute approximate surface area is 127 Å². The lowest BCUT2D eigenvalue weighted by Crippen LogP contribution is -2.52. The first-order valence-electron chi connectivity index (χ1n) is 8.44. The van der Waals surface area contributed by atoms with Crippen LogP contribution in [0.2, 0.25) is 0 Å². The fourth-order valence-corrected chi connectivity index (χ4v) is 3.96. The molecule has 1 saturated heterocycles. The van der Waals surface area contributed by atoms with Crippen molar-refractivity contribution < 1.29 is 4.39 Å². The van der Waals surface area contributed by atoms with E-state index in [1.165, 1.54) is 25.7 Å². The highest BCUT2D eigenvalue weighted by Gasteiger charge is 2.29. The summed E-state index contributed by atoms with van der Waals surface area (Å²) in [4.78, 5) is 5.07. The van der Waals surface area contributed by atoms with Crippen molar-refractivity contribution >= 4 is 0 Å². The second kappa shape index (κ2) is 6.89. The van der Waals surface area contributed by atoms with Crippen molar-refractivity contribution in [2.75, 3.05) is 26.2 Å². The number of halogens is 1. The van der Waals surface area contributed by atoms with E-state index in [0.29, 0.717) is 0 Å². The largest absolute Gasteiger partial charge is 0.298 e. The molecule has 0 radical (unpaired) electrons. The molecule has 2 atom stereocenters. The average Bonchev–Trinajstić information content (AvgIpc) is 2.51. The third-order valence-corrected chi connectivity index (χ3v) is 5.29. The van der Waals surface area contributed by atoms with Crippen LogP contribution in [0.1, 0.15) is 38.2 Å². The molecule has 1 aromatic rings. The van der Waals surface area contributed by atoms with Crippen molar-refractivity contribution in [2.45, 2.75) is 45.2 Å². The summed E-state index contributed by atoms with van der Waals surface area (Å²) in [6.45, 7) is 7.58. The maximum absolute atomic E-state index is 13.7. The van der Waals surface area contributed by atoms with Gasteiger partial charge in [-0.1, -0.05) is 38.0 Å². The van der Waals surface area contributed by atoms with Gasteiger partial charge in [-0.05, 0) is 24.8 Å². The Morgan fingerprint density at radius 2 is 1.76 bits per heavy atom. The van der Waals surface area contributed by atoms with Gasteiger partial charge in [-0.2, -0.15) is 0 Å². The molecule has 1 aromatic carbocycles. The van der Waals surface area contributed by atoms with Crippen LogP contribution in [0.25, 0.3) is 0 Å². The lowest BCUT2D eigenvalue weighted by molar-refractivity contribution is 0.0514. The molecule has 0 spiro atoms. The number of benzene rings is 1. The monoisotopic (exact) mass is 290 g/mol. The van der Waals surface area contributed by atoms with Crippen molar-refractivity contribution in [3.8, 4) is 0 Å². The molecular formula is C18H27FN2. The molecule has 1 saturated carbocycles. The first kappa shape index (κ1) is 15.0. The molecule has 3 rings (SSSR count). The minimum absolute atomic E-state index is 0.0687. The predicted octanol–water partition coefficient (Wildman–Crippen LogP) is 3.52. The van der Waals surface area contributed by atoms with Crippen LogP contribution in [0.15, 0.2) is 24.3 Å². The quantitative estimate of drug-likeness (QED) is 0.840. The SMILES string of the molecule is C[C@@H]1CCCC[C@H]1N1CCN(Cc2ccccc2F)CC1. The third kappa shape index (κ3) is 3.64. The molecule has 21 heavy (non-hydrogen) atoms. The Bertz CT molecular complexity index is 454. The molecule has 1 aliphatic carbocycles. The van der Waals surface area contributed by atoms with E-state index in [2.05, 4.69) is 16.7 Å². The summed E-state index contributed by atoms with van der Waals surface area (Å²) in [7, 11) is 0. The highest BCUT2D eigenvalue weighted by molar-refractivity contribution is 5.17. The van der Waals surface area contributed by atoms with Crippen molar-refractivity contribution in [1.29, 1.82) is 0 Å². The number of rotatable bonds is 3. The second-order valence-corrected chi connectivity index (χ2v) is 6.73. The van der Waals surface area contributed by atoms with E-state index in [1.807, 2.05) is 12.1 Å². The van der Waals surface area contributed by atoms with E-state index in [0.717, 1.165) is 50.2 Å². The lowest BCUT2D eigenvalue weighted by Gasteiger charge is -2.43. The van der Waals surface area contributed by atoms with Gasteiger partial charge in [-0.3, -0.25) is 9.80 Å². The molecule has 1 aliphatic heterocycles. The molecule has 116 valence electrons. The van der Waals surface area contributed by atoms with Gasteiger partial charge < -0.3 is 0 Å². The summed E-state index contributed by atoms with van der Waals surface area (Å²) in [5.74, 6) is 0.776. The molecule has 3 heteroatoms. The van der Waals surface area contributed by atoms with Crippen molar-refractivity contribution in [2.24, 2.45) is 5.92 Å². The number of piperazine rings is 1. The van der Waals surface area contributed by atoms with Crippen LogP contribution in [-0.2, 0) is 6.54 Å². The summed E-state index contributed by atoms with van der Waals surface area (Å²) in [5, 5.41) is 0. The summed E-state index contributed by atoms with van der Waals surface area (Å²) < 4.78 is 13.7. The van der Waals surface area contributed by atoms with E-state index >= 15 is 0 Å². The molecule has 0 N–H and O–H groups in total. The van der Waals surface area contributed by atoms with Crippen molar-refractivity contribution in [3.05, 3.63) is 35.6 Å². The molecule has 1 heterocycles. The third-order valence-electron chi connectivity index (χ3n) is 5.29. The summed E-state index contributed by atoms with van der Waals surface area (Å²) in [5.41, 5.74) is 0.831. The van der Waals surface area contributed by atoms with E-state index < -0.39 is 0 Å². The van der Waals surface area contributed by atoms with Gasteiger partial charge in [-0.15, -0.1) is 0 Å². The minimum atomic E-state index is -0.0687. The normalized spacial score (nSPS) is 28.7. The molecule has 0 aromatic heterocycles. The van der Waals surface area contributed by atoms with Crippen LogP contribution < -0.4 is 0 Å². The highest BCUT2D eigenvalue weighted by Crippen LogP contribution is 2.28. The maximum Gasteiger partial charge on any atom is 0.127 e. The Morgan fingerprint density at radius 3 is 2.48 bits per heavy atom. The molecule has 0 amide bonds. The smallest absolute Gasteiger partial charge is 0.127 e. The zero-order valence-corrected chi connectivity index (χ0v) is 13.1. The fourth-order valence-electron chi connectivity index (χ4n) is 3.96. The Balaban J connectivity index is 1.52. The maximum atomic E-state index is 13.7. The predicted molar refractivity (Wildman–Crippen MR) is 84.7 cm³/mol. The molecule has 2 nitrogen and oxygen atoms in total. The second-order valence-electron chi connectivity index (χ2n) is 6.73. The Kier molecular flexibility index (Phi) is 4.91. The summed E-state index contributed by atoms with van der Waals surface area (Å²) >= 11 is 0. The van der Waals surface area contributed by atoms with Crippen LogP contribution in [0.4, 0.5) is 4.39 Å². The molecular weight excluding hydrogens is 263 g/mol. The first-order valence-corrected chi connectivity index (χ1v) is 8.44. The van der Waals surface area contributed by atoms with Crippen LogP contribution >= 0.6 is 0 Å². The van der Waals surface area contributed by atoms with Crippen LogP contribution in [0, 0.1) is 11.7 Å². The average molecular weight is 290 g/mol. The van der Waals surface area contributed by atoms with E-state index in [4.69, 9.17) is 0 Å². The van der Waals surface area contributed by atoms with Crippen LogP contribution in [0.5, 0.6) is 0 Å². The van der Waals surface area contributed by atoms with Gasteiger partial charge >= 0.3 is 0 Å². The molecule has 0 unspecified atom stereocenters. The van der Waals surface area contributed by atoms with E-state index in [9.17, 15) is 4.39 Å². The standard InChI is InChI=1S/C18H27FN2/c1-15-6-2-5-9-18(15)21-12-10-20(11-13-21)14-16-7-3-4-8-17(16)19/h3-4,7-8,15,18H,2,5-6,9-14H2,1H3/t15-,18-/m1/s1. The van der Waals surface area contributed by atoms with Gasteiger partial charge in [0.15, 0.2) is 0 Å². The van der Waals surface area contributed by atoms with Crippen molar-refractivity contribution in [1.82, 2.24) is 9.80 Å². The van der Waals surface area contributed by atoms with Gasteiger partial charge in [0.25, 0.3) is 0 Å². The van der Waals surface area contributed by atoms with Gasteiger partial charge in [-0.25, -0.2) is 4.39 Å². The van der Waals surface area contributed by atoms with Gasteiger partial charge in [0, 0.05) is 44.3 Å². The fraction of sp³-hybridized carbons (Fsp3) is 0.667. The first-order chi connectivity index (χ1) is 10.2. The van der Waals surface area contributed by atoms with Crippen LogP contribution in [-0.4, -0.2) is 42.0 Å². The van der Waals surface area contributed by atoms with Crippen LogP contribution in [0.3, 0.4) is 0 Å². The Hall–Kier alpha value is -0.930. The van der Waals surface area contributed by atoms with E-state index in [-0.39, 0.29) is 5.82 Å². The molecule has 2 fully saturated rings. The zero-order chi connectivity index (χ0) is 14.7. The van der Waals surface area contributed by atoms with Gasteiger partial charge in [0.05, 0.1) is 0 Å².